The SMILES string of the molecule is CC/C=C(/C)C(=O)N(CCC(N)=O)Cc1ccccc1. The van der Waals surface area contributed by atoms with E-state index >= 15 is 0 Å². The van der Waals surface area contributed by atoms with Gasteiger partial charge in [0, 0.05) is 25.1 Å². The van der Waals surface area contributed by atoms with Crippen LogP contribution < -0.4 is 5.73 Å². The molecule has 0 aliphatic carbocycles. The lowest BCUT2D eigenvalue weighted by atomic mass is 10.1. The van der Waals surface area contributed by atoms with Gasteiger partial charge in [-0.2, -0.15) is 0 Å². The highest BCUT2D eigenvalue weighted by Gasteiger charge is 2.16. The van der Waals surface area contributed by atoms with Gasteiger partial charge in [-0.05, 0) is 18.9 Å². The van der Waals surface area contributed by atoms with Crippen LogP contribution in [0, 0.1) is 0 Å². The highest BCUT2D eigenvalue weighted by Crippen LogP contribution is 2.10. The number of benzene rings is 1. The number of primary amides is 1. The number of hydrogen-bond acceptors (Lipinski definition) is 2. The highest BCUT2D eigenvalue weighted by atomic mass is 16.2. The quantitative estimate of drug-likeness (QED) is 0.775. The lowest BCUT2D eigenvalue weighted by Crippen LogP contribution is -2.34. The van der Waals surface area contributed by atoms with E-state index in [9.17, 15) is 9.59 Å². The Bertz CT molecular complexity index is 481. The van der Waals surface area contributed by atoms with E-state index < -0.39 is 5.91 Å². The molecule has 0 spiro atoms. The summed E-state index contributed by atoms with van der Waals surface area (Å²) < 4.78 is 0. The molecule has 0 unspecified atom stereocenters. The zero-order chi connectivity index (χ0) is 15.0. The molecule has 0 bridgehead atoms. The number of carbonyl (C=O) groups is 2. The molecule has 0 atom stereocenters. The predicted octanol–water partition coefficient (Wildman–Crippen LogP) is 2.25. The lowest BCUT2D eigenvalue weighted by Gasteiger charge is -2.22. The second-order valence-electron chi connectivity index (χ2n) is 4.72. The smallest absolute Gasteiger partial charge is 0.249 e. The Morgan fingerprint density at radius 1 is 1.25 bits per heavy atom. The number of carbonyl (C=O) groups excluding carboxylic acids is 2. The molecular weight excluding hydrogens is 252 g/mol. The minimum absolute atomic E-state index is 0.0445. The monoisotopic (exact) mass is 274 g/mol. The molecule has 108 valence electrons. The van der Waals surface area contributed by atoms with Crippen LogP contribution >= 0.6 is 0 Å². The van der Waals surface area contributed by atoms with Gasteiger partial charge in [-0.3, -0.25) is 9.59 Å². The molecule has 1 aromatic rings. The molecule has 2 amide bonds. The van der Waals surface area contributed by atoms with Gasteiger partial charge in [0.05, 0.1) is 0 Å². The molecule has 0 heterocycles. The highest BCUT2D eigenvalue weighted by molar-refractivity contribution is 5.93. The first-order valence-electron chi connectivity index (χ1n) is 6.82. The Labute approximate surface area is 120 Å². The lowest BCUT2D eigenvalue weighted by molar-refractivity contribution is -0.128. The van der Waals surface area contributed by atoms with Crippen molar-refractivity contribution in [3.63, 3.8) is 0 Å². The molecule has 4 nitrogen and oxygen atoms in total. The van der Waals surface area contributed by atoms with Gasteiger partial charge >= 0.3 is 0 Å². The van der Waals surface area contributed by atoms with Crippen LogP contribution in [0.2, 0.25) is 0 Å². The Hall–Kier alpha value is -2.10. The van der Waals surface area contributed by atoms with Gasteiger partial charge in [0.15, 0.2) is 0 Å². The standard InChI is InChI=1S/C16H22N2O2/c1-3-7-13(2)16(20)18(11-10-15(17)19)12-14-8-5-4-6-9-14/h4-9H,3,10-12H2,1-2H3,(H2,17,19)/b13-7-. The van der Waals surface area contributed by atoms with Crippen LogP contribution in [0.5, 0.6) is 0 Å². The molecule has 2 N–H and O–H groups in total. The predicted molar refractivity (Wildman–Crippen MR) is 79.7 cm³/mol. The van der Waals surface area contributed by atoms with Crippen molar-refractivity contribution in [1.82, 2.24) is 4.90 Å². The Morgan fingerprint density at radius 2 is 1.90 bits per heavy atom. The van der Waals surface area contributed by atoms with Crippen LogP contribution in [-0.4, -0.2) is 23.3 Å². The second kappa shape index (κ2) is 8.15. The van der Waals surface area contributed by atoms with Crippen molar-refractivity contribution >= 4 is 11.8 Å². The van der Waals surface area contributed by atoms with Gasteiger partial charge in [-0.1, -0.05) is 43.3 Å². The minimum Gasteiger partial charge on any atom is -0.370 e. The minimum atomic E-state index is -0.395. The van der Waals surface area contributed by atoms with E-state index in [0.717, 1.165) is 12.0 Å². The zero-order valence-electron chi connectivity index (χ0n) is 12.1. The largest absolute Gasteiger partial charge is 0.370 e. The number of nitrogens with two attached hydrogens (primary N) is 1. The second-order valence-corrected chi connectivity index (χ2v) is 4.72. The first-order valence-corrected chi connectivity index (χ1v) is 6.82. The van der Waals surface area contributed by atoms with Crippen molar-refractivity contribution in [2.24, 2.45) is 5.73 Å². The van der Waals surface area contributed by atoms with Crippen LogP contribution in [0.25, 0.3) is 0 Å². The normalized spacial score (nSPS) is 11.2. The summed E-state index contributed by atoms with van der Waals surface area (Å²) in [5.41, 5.74) is 6.92. The van der Waals surface area contributed by atoms with Gasteiger partial charge in [0.2, 0.25) is 11.8 Å². The molecule has 0 aromatic heterocycles. The third-order valence-electron chi connectivity index (χ3n) is 2.98. The molecule has 0 radical (unpaired) electrons. The average Bonchev–Trinajstić information content (AvgIpc) is 2.44. The van der Waals surface area contributed by atoms with Gasteiger partial charge in [-0.25, -0.2) is 0 Å². The van der Waals surface area contributed by atoms with Crippen molar-refractivity contribution < 1.29 is 9.59 Å². The molecule has 1 aromatic carbocycles. The third-order valence-corrected chi connectivity index (χ3v) is 2.98. The maximum Gasteiger partial charge on any atom is 0.249 e. The summed E-state index contributed by atoms with van der Waals surface area (Å²) >= 11 is 0. The fourth-order valence-corrected chi connectivity index (χ4v) is 1.94. The number of nitrogens with zero attached hydrogens (tertiary/aromatic N) is 1. The van der Waals surface area contributed by atoms with E-state index in [4.69, 9.17) is 5.73 Å². The fraction of sp³-hybridized carbons (Fsp3) is 0.375. The molecule has 0 aliphatic rings. The number of rotatable bonds is 7. The van der Waals surface area contributed by atoms with Gasteiger partial charge in [-0.15, -0.1) is 0 Å². The maximum absolute atomic E-state index is 12.4. The van der Waals surface area contributed by atoms with E-state index in [-0.39, 0.29) is 12.3 Å². The maximum atomic E-state index is 12.4. The van der Waals surface area contributed by atoms with Crippen molar-refractivity contribution in [2.45, 2.75) is 33.2 Å². The first kappa shape index (κ1) is 16.0. The van der Waals surface area contributed by atoms with Gasteiger partial charge < -0.3 is 10.6 Å². The van der Waals surface area contributed by atoms with E-state index in [2.05, 4.69) is 0 Å². The molecule has 0 fully saturated rings. The summed E-state index contributed by atoms with van der Waals surface area (Å²) in [5.74, 6) is -0.440. The number of hydrogen-bond donors (Lipinski definition) is 1. The summed E-state index contributed by atoms with van der Waals surface area (Å²) in [4.78, 5) is 25.0. The Kier molecular flexibility index (Phi) is 6.50. The van der Waals surface area contributed by atoms with Gasteiger partial charge in [0.1, 0.15) is 0 Å². The molecule has 0 saturated heterocycles. The molecule has 0 saturated carbocycles. The summed E-state index contributed by atoms with van der Waals surface area (Å²) in [6.07, 6.45) is 2.88. The Balaban J connectivity index is 2.82. The summed E-state index contributed by atoms with van der Waals surface area (Å²) in [6.45, 7) is 4.62. The third kappa shape index (κ3) is 5.26. The van der Waals surface area contributed by atoms with Crippen LogP contribution in [-0.2, 0) is 16.1 Å². The van der Waals surface area contributed by atoms with E-state index in [1.807, 2.05) is 43.3 Å². The topological polar surface area (TPSA) is 63.4 Å². The van der Waals surface area contributed by atoms with Crippen molar-refractivity contribution in [2.75, 3.05) is 6.54 Å². The van der Waals surface area contributed by atoms with Crippen LogP contribution in [0.1, 0.15) is 32.3 Å². The van der Waals surface area contributed by atoms with Crippen molar-refractivity contribution in [1.29, 1.82) is 0 Å². The van der Waals surface area contributed by atoms with Crippen molar-refractivity contribution in [3.8, 4) is 0 Å². The van der Waals surface area contributed by atoms with E-state index in [1.165, 1.54) is 0 Å². The zero-order valence-corrected chi connectivity index (χ0v) is 12.1. The number of amides is 2. The molecule has 4 heteroatoms. The van der Waals surface area contributed by atoms with E-state index in [1.54, 1.807) is 11.8 Å². The Morgan fingerprint density at radius 3 is 2.45 bits per heavy atom. The van der Waals surface area contributed by atoms with E-state index in [0.29, 0.717) is 18.7 Å². The summed E-state index contributed by atoms with van der Waals surface area (Å²) in [7, 11) is 0. The molecule has 0 aliphatic heterocycles. The molecular formula is C16H22N2O2. The van der Waals surface area contributed by atoms with Gasteiger partial charge in [0.25, 0.3) is 0 Å². The van der Waals surface area contributed by atoms with Crippen LogP contribution in [0.15, 0.2) is 42.0 Å². The fourth-order valence-electron chi connectivity index (χ4n) is 1.94. The molecule has 20 heavy (non-hydrogen) atoms. The van der Waals surface area contributed by atoms with Crippen LogP contribution in [0.4, 0.5) is 0 Å². The summed E-state index contributed by atoms with van der Waals surface area (Å²) in [5, 5.41) is 0. The average molecular weight is 274 g/mol. The first-order chi connectivity index (χ1) is 9.54. The summed E-state index contributed by atoms with van der Waals surface area (Å²) in [6, 6.07) is 9.72. The number of allylic oxidation sites excluding steroid dienone is 1. The van der Waals surface area contributed by atoms with Crippen LogP contribution in [0.3, 0.4) is 0 Å². The molecule has 1 rings (SSSR count). The van der Waals surface area contributed by atoms with Crippen molar-refractivity contribution in [3.05, 3.63) is 47.5 Å².